The Hall–Kier alpha value is -0.990. The summed E-state index contributed by atoms with van der Waals surface area (Å²) in [6, 6.07) is 0. The molecule has 0 spiro atoms. The molecule has 0 fully saturated rings. The topological polar surface area (TPSA) is 12.4 Å². The number of nitrogens with zero attached hydrogens (tertiary/aromatic N) is 1. The maximum Gasteiger partial charge on any atom is 0.301 e. The number of hydrogen-bond donors (Lipinski definition) is 0. The summed E-state index contributed by atoms with van der Waals surface area (Å²) in [5.74, 6) is -2.87. The SMILES string of the molecule is FC1(F)C=CC=CN=C1. The number of halogens is 2. The smallest absolute Gasteiger partial charge is 0.262 e. The normalized spacial score (nSPS) is 22.0. The number of aliphatic imine (C=N–C) groups is 1. The molecule has 0 aliphatic carbocycles. The van der Waals surface area contributed by atoms with Gasteiger partial charge in [-0.2, -0.15) is 8.78 Å². The van der Waals surface area contributed by atoms with E-state index in [0.29, 0.717) is 6.21 Å². The summed E-state index contributed by atoms with van der Waals surface area (Å²) in [5.41, 5.74) is 0. The fourth-order valence-corrected chi connectivity index (χ4v) is 0.469. The lowest BCUT2D eigenvalue weighted by molar-refractivity contribution is 0.140. The molecule has 0 aromatic carbocycles. The molecule has 48 valence electrons. The molecule has 0 atom stereocenters. The van der Waals surface area contributed by atoms with Gasteiger partial charge in [0.1, 0.15) is 0 Å². The summed E-state index contributed by atoms with van der Waals surface area (Å²) in [5, 5.41) is 0. The molecule has 0 aromatic rings. The van der Waals surface area contributed by atoms with Gasteiger partial charge in [-0.25, -0.2) is 0 Å². The van der Waals surface area contributed by atoms with Crippen LogP contribution in [0.4, 0.5) is 8.78 Å². The van der Waals surface area contributed by atoms with Crippen molar-refractivity contribution in [2.45, 2.75) is 5.92 Å². The van der Waals surface area contributed by atoms with Crippen molar-refractivity contribution in [2.24, 2.45) is 4.99 Å². The maximum absolute atomic E-state index is 12.2. The fraction of sp³-hybridized carbons (Fsp3) is 0.167. The summed E-state index contributed by atoms with van der Waals surface area (Å²) < 4.78 is 24.4. The first-order valence-electron chi connectivity index (χ1n) is 2.47. The molecule has 0 saturated carbocycles. The highest BCUT2D eigenvalue weighted by atomic mass is 19.3. The largest absolute Gasteiger partial charge is 0.301 e. The van der Waals surface area contributed by atoms with Gasteiger partial charge in [-0.05, 0) is 12.2 Å². The van der Waals surface area contributed by atoms with E-state index in [1.54, 1.807) is 0 Å². The van der Waals surface area contributed by atoms with Gasteiger partial charge in [0.2, 0.25) is 0 Å². The van der Waals surface area contributed by atoms with E-state index in [1.165, 1.54) is 18.4 Å². The number of alkyl halides is 2. The second-order valence-corrected chi connectivity index (χ2v) is 1.65. The van der Waals surface area contributed by atoms with Gasteiger partial charge >= 0.3 is 5.92 Å². The van der Waals surface area contributed by atoms with Crippen molar-refractivity contribution in [2.75, 3.05) is 0 Å². The molecular formula is C6H5F2N. The average molecular weight is 129 g/mol. The molecular weight excluding hydrogens is 124 g/mol. The molecule has 0 bridgehead atoms. The standard InChI is InChI=1S/C6H5F2N/c7-6(8)3-1-2-4-9-5-6/h1-5H. The van der Waals surface area contributed by atoms with Crippen LogP contribution in [0.2, 0.25) is 0 Å². The van der Waals surface area contributed by atoms with Crippen LogP contribution in [0.15, 0.2) is 29.4 Å². The second-order valence-electron chi connectivity index (χ2n) is 1.65. The molecule has 1 rings (SSSR count). The predicted octanol–water partition coefficient (Wildman–Crippen LogP) is 1.78. The van der Waals surface area contributed by atoms with Gasteiger partial charge in [-0.15, -0.1) is 0 Å². The Morgan fingerprint density at radius 3 is 2.78 bits per heavy atom. The summed E-state index contributed by atoms with van der Waals surface area (Å²) >= 11 is 0. The molecule has 3 heteroatoms. The molecule has 0 radical (unpaired) electrons. The van der Waals surface area contributed by atoms with Gasteiger partial charge in [-0.3, -0.25) is 4.99 Å². The van der Waals surface area contributed by atoms with Crippen molar-refractivity contribution in [1.82, 2.24) is 0 Å². The van der Waals surface area contributed by atoms with E-state index < -0.39 is 5.92 Å². The number of rotatable bonds is 0. The Kier molecular flexibility index (Phi) is 1.42. The second kappa shape index (κ2) is 2.09. The van der Waals surface area contributed by atoms with Crippen molar-refractivity contribution < 1.29 is 8.78 Å². The highest BCUT2D eigenvalue weighted by Gasteiger charge is 2.21. The van der Waals surface area contributed by atoms with Gasteiger partial charge in [-0.1, -0.05) is 6.08 Å². The lowest BCUT2D eigenvalue weighted by Crippen LogP contribution is -2.12. The lowest BCUT2D eigenvalue weighted by Gasteiger charge is -1.99. The molecule has 0 saturated heterocycles. The van der Waals surface area contributed by atoms with Gasteiger partial charge in [0.25, 0.3) is 0 Å². The Morgan fingerprint density at radius 2 is 2.00 bits per heavy atom. The molecule has 0 N–H and O–H groups in total. The van der Waals surface area contributed by atoms with E-state index in [1.807, 2.05) is 0 Å². The van der Waals surface area contributed by atoms with Crippen LogP contribution in [0.3, 0.4) is 0 Å². The molecule has 0 aromatic heterocycles. The molecule has 1 aliphatic rings. The molecule has 0 amide bonds. The third-order valence-corrected chi connectivity index (χ3v) is 0.848. The van der Waals surface area contributed by atoms with Crippen molar-refractivity contribution >= 4 is 6.21 Å². The first kappa shape index (κ1) is 6.13. The van der Waals surface area contributed by atoms with Crippen LogP contribution in [0.1, 0.15) is 0 Å². The van der Waals surface area contributed by atoms with Crippen LogP contribution in [0.5, 0.6) is 0 Å². The quantitative estimate of drug-likeness (QED) is 0.472. The predicted molar refractivity (Wildman–Crippen MR) is 31.7 cm³/mol. The van der Waals surface area contributed by atoms with E-state index in [-0.39, 0.29) is 0 Å². The monoisotopic (exact) mass is 129 g/mol. The highest BCUT2D eigenvalue weighted by molar-refractivity contribution is 5.70. The van der Waals surface area contributed by atoms with Gasteiger partial charge in [0.05, 0.1) is 6.21 Å². The van der Waals surface area contributed by atoms with E-state index in [2.05, 4.69) is 4.99 Å². The van der Waals surface area contributed by atoms with Crippen molar-refractivity contribution in [3.05, 3.63) is 24.4 Å². The Morgan fingerprint density at radius 1 is 1.22 bits per heavy atom. The highest BCUT2D eigenvalue weighted by Crippen LogP contribution is 2.13. The van der Waals surface area contributed by atoms with Crippen molar-refractivity contribution in [3.8, 4) is 0 Å². The maximum atomic E-state index is 12.2. The lowest BCUT2D eigenvalue weighted by atomic mass is 10.3. The minimum atomic E-state index is -2.87. The third kappa shape index (κ3) is 1.76. The van der Waals surface area contributed by atoms with Gasteiger partial charge < -0.3 is 0 Å². The van der Waals surface area contributed by atoms with Crippen LogP contribution in [0.25, 0.3) is 0 Å². The number of hydrogen-bond acceptors (Lipinski definition) is 1. The molecule has 1 nitrogen and oxygen atoms in total. The van der Waals surface area contributed by atoms with Crippen molar-refractivity contribution in [3.63, 3.8) is 0 Å². The zero-order valence-electron chi connectivity index (χ0n) is 4.59. The Bertz CT molecular complexity index is 161. The third-order valence-electron chi connectivity index (χ3n) is 0.848. The Balaban J connectivity index is 2.82. The van der Waals surface area contributed by atoms with Crippen LogP contribution in [-0.2, 0) is 0 Å². The summed E-state index contributed by atoms with van der Waals surface area (Å²) in [6.45, 7) is 0. The molecule has 1 aliphatic heterocycles. The van der Waals surface area contributed by atoms with Crippen LogP contribution in [0, 0.1) is 0 Å². The van der Waals surface area contributed by atoms with Crippen LogP contribution < -0.4 is 0 Å². The van der Waals surface area contributed by atoms with Gasteiger partial charge in [0, 0.05) is 6.20 Å². The van der Waals surface area contributed by atoms with E-state index in [4.69, 9.17) is 0 Å². The minimum absolute atomic E-state index is 0.604. The van der Waals surface area contributed by atoms with E-state index in [9.17, 15) is 8.78 Å². The summed E-state index contributed by atoms with van der Waals surface area (Å²) in [6.07, 6.45) is 5.44. The van der Waals surface area contributed by atoms with E-state index >= 15 is 0 Å². The average Bonchev–Trinajstić information content (AvgIpc) is 1.92. The first-order valence-corrected chi connectivity index (χ1v) is 2.47. The Labute approximate surface area is 51.4 Å². The van der Waals surface area contributed by atoms with Crippen LogP contribution in [-0.4, -0.2) is 12.1 Å². The summed E-state index contributed by atoms with van der Waals surface area (Å²) in [4.78, 5) is 3.31. The van der Waals surface area contributed by atoms with Gasteiger partial charge in [0.15, 0.2) is 0 Å². The van der Waals surface area contributed by atoms with Crippen molar-refractivity contribution in [1.29, 1.82) is 0 Å². The fourth-order valence-electron chi connectivity index (χ4n) is 0.469. The molecule has 0 unspecified atom stereocenters. The summed E-state index contributed by atoms with van der Waals surface area (Å²) in [7, 11) is 0. The zero-order chi connectivity index (χ0) is 6.74. The number of allylic oxidation sites excluding steroid dienone is 3. The molecule has 9 heavy (non-hydrogen) atoms. The minimum Gasteiger partial charge on any atom is -0.262 e. The first-order chi connectivity index (χ1) is 4.21. The zero-order valence-corrected chi connectivity index (χ0v) is 4.59. The molecule has 1 heterocycles. The van der Waals surface area contributed by atoms with Crippen LogP contribution >= 0.6 is 0 Å². The van der Waals surface area contributed by atoms with E-state index in [0.717, 1.165) is 6.08 Å².